The van der Waals surface area contributed by atoms with Gasteiger partial charge < -0.3 is 20.1 Å². The van der Waals surface area contributed by atoms with Gasteiger partial charge in [-0.3, -0.25) is 14.6 Å². The van der Waals surface area contributed by atoms with Crippen molar-refractivity contribution < 1.29 is 19.1 Å². The molecule has 1 aromatic heterocycles. The van der Waals surface area contributed by atoms with E-state index >= 15 is 0 Å². The van der Waals surface area contributed by atoms with Crippen LogP contribution in [0.25, 0.3) is 0 Å². The normalized spacial score (nSPS) is 15.6. The van der Waals surface area contributed by atoms with E-state index in [0.29, 0.717) is 24.0 Å². The number of nitrogens with zero attached hydrogens (tertiary/aromatic N) is 2. The Kier molecular flexibility index (Phi) is 6.99. The summed E-state index contributed by atoms with van der Waals surface area (Å²) in [6.07, 6.45) is 7.30. The summed E-state index contributed by atoms with van der Waals surface area (Å²) in [7, 11) is 0. The van der Waals surface area contributed by atoms with Crippen molar-refractivity contribution in [2.75, 3.05) is 0 Å². The van der Waals surface area contributed by atoms with Crippen molar-refractivity contribution in [2.24, 2.45) is 5.73 Å². The Morgan fingerprint density at radius 2 is 1.82 bits per heavy atom. The average molecular weight is 444 g/mol. The number of hydrogen-bond acceptors (Lipinski definition) is 6. The number of rotatable bonds is 10. The molecule has 168 valence electrons. The first-order chi connectivity index (χ1) is 16.1. The molecule has 2 aromatic carbocycles. The second-order valence-electron chi connectivity index (χ2n) is 7.66. The lowest BCUT2D eigenvalue weighted by molar-refractivity contribution is -0.118. The fraction of sp³-hybridized carbons (Fsp3) is 0.192. The molecule has 33 heavy (non-hydrogen) atoms. The highest BCUT2D eigenvalue weighted by molar-refractivity contribution is 6.08. The van der Waals surface area contributed by atoms with Crippen molar-refractivity contribution in [1.29, 1.82) is 0 Å². The summed E-state index contributed by atoms with van der Waals surface area (Å²) in [5.74, 6) is 0.291. The van der Waals surface area contributed by atoms with E-state index in [2.05, 4.69) is 4.98 Å². The predicted octanol–water partition coefficient (Wildman–Crippen LogP) is 4.18. The van der Waals surface area contributed by atoms with Crippen LogP contribution in [0.2, 0.25) is 0 Å². The first-order valence-electron chi connectivity index (χ1n) is 10.8. The molecule has 1 aliphatic rings. The highest BCUT2D eigenvalue weighted by atomic mass is 16.5. The van der Waals surface area contributed by atoms with Crippen molar-refractivity contribution >= 4 is 11.7 Å². The summed E-state index contributed by atoms with van der Waals surface area (Å²) < 4.78 is 12.1. The quantitative estimate of drug-likeness (QED) is 0.473. The lowest BCUT2D eigenvalue weighted by Crippen LogP contribution is -2.37. The molecule has 2 atom stereocenters. The zero-order chi connectivity index (χ0) is 23.0. The van der Waals surface area contributed by atoms with Crippen molar-refractivity contribution in [3.8, 4) is 5.75 Å². The Labute approximate surface area is 192 Å². The molecule has 2 unspecified atom stereocenters. The molecule has 2 N–H and O–H groups in total. The lowest BCUT2D eigenvalue weighted by Gasteiger charge is -2.33. The number of pyridine rings is 1. The summed E-state index contributed by atoms with van der Waals surface area (Å²) in [6.45, 7) is 0. The van der Waals surface area contributed by atoms with Crippen LogP contribution in [0.4, 0.5) is 0 Å². The Bertz CT molecular complexity index is 1100. The van der Waals surface area contributed by atoms with E-state index in [1.807, 2.05) is 53.6 Å². The minimum atomic E-state index is -0.421. The van der Waals surface area contributed by atoms with E-state index in [9.17, 15) is 9.59 Å². The third-order valence-electron chi connectivity index (χ3n) is 5.32. The van der Waals surface area contributed by atoms with E-state index in [1.54, 1.807) is 42.9 Å². The van der Waals surface area contributed by atoms with Crippen molar-refractivity contribution in [3.05, 3.63) is 108 Å². The van der Waals surface area contributed by atoms with Gasteiger partial charge in [0.15, 0.2) is 18.2 Å². The molecule has 0 saturated heterocycles. The number of para-hydroxylation sites is 1. The second kappa shape index (κ2) is 10.5. The van der Waals surface area contributed by atoms with Gasteiger partial charge in [0.25, 0.3) is 0 Å². The minimum absolute atomic E-state index is 0.0892. The number of aromatic nitrogens is 1. The molecule has 1 aliphatic heterocycles. The Morgan fingerprint density at radius 1 is 1.03 bits per heavy atom. The Morgan fingerprint density at radius 3 is 2.52 bits per heavy atom. The Balaban J connectivity index is 1.51. The molecule has 0 aliphatic carbocycles. The molecule has 3 aromatic rings. The van der Waals surface area contributed by atoms with Gasteiger partial charge in [0.2, 0.25) is 5.91 Å². The molecule has 7 nitrogen and oxygen atoms in total. The molecule has 0 radical (unpaired) electrons. The molecule has 0 saturated carbocycles. The number of carbonyl (C=O) groups excluding carboxylic acids is 2. The maximum atomic E-state index is 12.7. The number of hydrogen-bond donors (Lipinski definition) is 1. The summed E-state index contributed by atoms with van der Waals surface area (Å²) in [6, 6.07) is 20.3. The van der Waals surface area contributed by atoms with Crippen LogP contribution in [-0.4, -0.2) is 27.8 Å². The van der Waals surface area contributed by atoms with E-state index < -0.39 is 6.23 Å². The first-order valence-corrected chi connectivity index (χ1v) is 10.8. The zero-order valence-electron chi connectivity index (χ0n) is 18.0. The lowest BCUT2D eigenvalue weighted by atomic mass is 10.0. The van der Waals surface area contributed by atoms with E-state index in [4.69, 9.17) is 15.2 Å². The van der Waals surface area contributed by atoms with Crippen LogP contribution >= 0.6 is 0 Å². The van der Waals surface area contributed by atoms with Crippen LogP contribution in [0.1, 0.15) is 47.0 Å². The van der Waals surface area contributed by atoms with Gasteiger partial charge in [0.05, 0.1) is 0 Å². The molecule has 1 amide bonds. The standard InChI is InChI=1S/C26H25N3O4/c27-23(30)9-4-10-24(33-22-7-2-1-3-8-22)29-16-17-32-26(29)20-13-11-19(12-14-20)25(31)21-6-5-15-28-18-21/h1-3,5-8,11-18,24,26H,4,9-10H2,(H2,27,30). The van der Waals surface area contributed by atoms with Crippen molar-refractivity contribution in [1.82, 2.24) is 9.88 Å². The fourth-order valence-electron chi connectivity index (χ4n) is 3.66. The van der Waals surface area contributed by atoms with Crippen LogP contribution in [0.15, 0.2) is 91.6 Å². The number of ether oxygens (including phenoxy) is 2. The minimum Gasteiger partial charge on any atom is -0.472 e. The van der Waals surface area contributed by atoms with E-state index in [1.165, 1.54) is 0 Å². The van der Waals surface area contributed by atoms with Gasteiger partial charge in [-0.05, 0) is 30.7 Å². The third-order valence-corrected chi connectivity index (χ3v) is 5.32. The number of nitrogens with two attached hydrogens (primary N) is 1. The maximum absolute atomic E-state index is 12.7. The zero-order valence-corrected chi connectivity index (χ0v) is 18.0. The fourth-order valence-corrected chi connectivity index (χ4v) is 3.66. The average Bonchev–Trinajstić information content (AvgIpc) is 3.34. The third kappa shape index (κ3) is 5.57. The number of ketones is 1. The van der Waals surface area contributed by atoms with E-state index in [0.717, 1.165) is 11.3 Å². The summed E-state index contributed by atoms with van der Waals surface area (Å²) in [5.41, 5.74) is 7.30. The van der Waals surface area contributed by atoms with Crippen LogP contribution in [0.5, 0.6) is 5.75 Å². The molecular weight excluding hydrogens is 418 g/mol. The van der Waals surface area contributed by atoms with Crippen LogP contribution in [-0.2, 0) is 9.53 Å². The first kappa shape index (κ1) is 22.1. The van der Waals surface area contributed by atoms with Gasteiger partial charge in [0, 0.05) is 48.1 Å². The highest BCUT2D eigenvalue weighted by Gasteiger charge is 2.30. The van der Waals surface area contributed by atoms with E-state index in [-0.39, 0.29) is 24.3 Å². The summed E-state index contributed by atoms with van der Waals surface area (Å²) in [4.78, 5) is 29.9. The predicted molar refractivity (Wildman–Crippen MR) is 123 cm³/mol. The monoisotopic (exact) mass is 443 g/mol. The van der Waals surface area contributed by atoms with Gasteiger partial charge in [-0.1, -0.05) is 42.5 Å². The molecule has 4 rings (SSSR count). The molecule has 7 heteroatoms. The van der Waals surface area contributed by atoms with Gasteiger partial charge >= 0.3 is 0 Å². The topological polar surface area (TPSA) is 94.8 Å². The van der Waals surface area contributed by atoms with Crippen LogP contribution in [0.3, 0.4) is 0 Å². The molecular formula is C26H25N3O4. The second-order valence-corrected chi connectivity index (χ2v) is 7.66. The maximum Gasteiger partial charge on any atom is 0.217 e. The van der Waals surface area contributed by atoms with Crippen molar-refractivity contribution in [2.45, 2.75) is 31.7 Å². The molecule has 2 heterocycles. The number of primary amides is 1. The number of carbonyl (C=O) groups is 2. The number of amides is 1. The number of benzene rings is 2. The molecule has 0 spiro atoms. The summed E-state index contributed by atoms with van der Waals surface area (Å²) >= 11 is 0. The largest absolute Gasteiger partial charge is 0.472 e. The van der Waals surface area contributed by atoms with Crippen molar-refractivity contribution in [3.63, 3.8) is 0 Å². The van der Waals surface area contributed by atoms with Crippen LogP contribution < -0.4 is 10.5 Å². The van der Waals surface area contributed by atoms with Gasteiger partial charge in [-0.2, -0.15) is 0 Å². The summed E-state index contributed by atoms with van der Waals surface area (Å²) in [5, 5.41) is 0. The van der Waals surface area contributed by atoms with Gasteiger partial charge in [-0.15, -0.1) is 0 Å². The van der Waals surface area contributed by atoms with Gasteiger partial charge in [-0.25, -0.2) is 0 Å². The molecule has 0 bridgehead atoms. The van der Waals surface area contributed by atoms with Crippen LogP contribution in [0, 0.1) is 0 Å². The Hall–Kier alpha value is -4.13. The van der Waals surface area contributed by atoms with Gasteiger partial charge in [0.1, 0.15) is 12.0 Å². The SMILES string of the molecule is NC(=O)CCCC(Oc1ccccc1)N1C=COC1c1ccc(C(=O)c2cccnc2)cc1. The highest BCUT2D eigenvalue weighted by Crippen LogP contribution is 2.32. The molecule has 0 fully saturated rings. The smallest absolute Gasteiger partial charge is 0.217 e.